The molecule has 1 atom stereocenters. The van der Waals surface area contributed by atoms with E-state index >= 15 is 0 Å². The summed E-state index contributed by atoms with van der Waals surface area (Å²) in [7, 11) is 0. The van der Waals surface area contributed by atoms with Crippen molar-refractivity contribution in [2.24, 2.45) is 5.73 Å². The highest BCUT2D eigenvalue weighted by molar-refractivity contribution is 5.64. The van der Waals surface area contributed by atoms with Crippen molar-refractivity contribution in [3.8, 4) is 22.8 Å². The third-order valence-corrected chi connectivity index (χ3v) is 3.70. The van der Waals surface area contributed by atoms with Crippen LogP contribution in [0.3, 0.4) is 0 Å². The number of aromatic nitrogens is 2. The Morgan fingerprint density at radius 1 is 1.26 bits per heavy atom. The number of rotatable bonds is 1. The lowest BCUT2D eigenvalue weighted by atomic mass is 10.1. The molecule has 2 aliphatic heterocycles. The van der Waals surface area contributed by atoms with E-state index in [1.165, 1.54) is 0 Å². The van der Waals surface area contributed by atoms with Crippen LogP contribution >= 0.6 is 0 Å². The SMILES string of the molecule is NC1CCc2nc(-c3ccc4c(c3)OCO4)cn2C1. The summed E-state index contributed by atoms with van der Waals surface area (Å²) in [5.74, 6) is 2.71. The summed E-state index contributed by atoms with van der Waals surface area (Å²) in [4.78, 5) is 4.69. The first-order chi connectivity index (χ1) is 9.29. The molecule has 1 unspecified atom stereocenters. The summed E-state index contributed by atoms with van der Waals surface area (Å²) in [6, 6.07) is 6.17. The standard InChI is InChI=1S/C14H15N3O2/c15-10-2-4-14-16-11(7-17(14)6-10)9-1-3-12-13(5-9)19-8-18-12/h1,3,5,7,10H,2,4,6,8,15H2. The second-order valence-electron chi connectivity index (χ2n) is 5.06. The molecule has 0 amide bonds. The molecule has 0 saturated heterocycles. The van der Waals surface area contributed by atoms with Crippen molar-refractivity contribution >= 4 is 0 Å². The van der Waals surface area contributed by atoms with E-state index in [1.54, 1.807) is 0 Å². The average molecular weight is 257 g/mol. The zero-order valence-corrected chi connectivity index (χ0v) is 10.5. The summed E-state index contributed by atoms with van der Waals surface area (Å²) in [5, 5.41) is 0. The first kappa shape index (κ1) is 10.9. The fourth-order valence-electron chi connectivity index (χ4n) is 2.67. The lowest BCUT2D eigenvalue weighted by molar-refractivity contribution is 0.174. The predicted octanol–water partition coefficient (Wildman–Crippen LogP) is 1.55. The average Bonchev–Trinajstić information content (AvgIpc) is 3.02. The quantitative estimate of drug-likeness (QED) is 0.842. The van der Waals surface area contributed by atoms with Crippen molar-refractivity contribution in [3.63, 3.8) is 0 Å². The third kappa shape index (κ3) is 1.77. The smallest absolute Gasteiger partial charge is 0.231 e. The highest BCUT2D eigenvalue weighted by Crippen LogP contribution is 2.35. The maximum atomic E-state index is 5.99. The van der Waals surface area contributed by atoms with E-state index in [4.69, 9.17) is 20.2 Å². The molecule has 98 valence electrons. The summed E-state index contributed by atoms with van der Waals surface area (Å²) >= 11 is 0. The maximum Gasteiger partial charge on any atom is 0.231 e. The van der Waals surface area contributed by atoms with E-state index in [0.717, 1.165) is 48.0 Å². The van der Waals surface area contributed by atoms with Crippen LogP contribution in [0, 0.1) is 0 Å². The summed E-state index contributed by atoms with van der Waals surface area (Å²) < 4.78 is 12.9. The molecule has 1 aromatic carbocycles. The van der Waals surface area contributed by atoms with E-state index in [0.29, 0.717) is 6.79 Å². The Labute approximate surface area is 111 Å². The number of ether oxygens (including phenoxy) is 2. The molecular weight excluding hydrogens is 242 g/mol. The molecule has 5 nitrogen and oxygen atoms in total. The predicted molar refractivity (Wildman–Crippen MR) is 70.1 cm³/mol. The molecule has 0 radical (unpaired) electrons. The Kier molecular flexibility index (Phi) is 2.29. The van der Waals surface area contributed by atoms with E-state index in [9.17, 15) is 0 Å². The van der Waals surface area contributed by atoms with Gasteiger partial charge in [-0.2, -0.15) is 0 Å². The van der Waals surface area contributed by atoms with E-state index in [-0.39, 0.29) is 6.04 Å². The Morgan fingerprint density at radius 3 is 3.11 bits per heavy atom. The van der Waals surface area contributed by atoms with Crippen molar-refractivity contribution in [1.82, 2.24) is 9.55 Å². The van der Waals surface area contributed by atoms with E-state index in [1.807, 2.05) is 18.2 Å². The lowest BCUT2D eigenvalue weighted by Gasteiger charge is -2.19. The Morgan fingerprint density at radius 2 is 2.16 bits per heavy atom. The largest absolute Gasteiger partial charge is 0.454 e. The van der Waals surface area contributed by atoms with Gasteiger partial charge in [0.1, 0.15) is 5.82 Å². The van der Waals surface area contributed by atoms with Gasteiger partial charge in [-0.15, -0.1) is 0 Å². The van der Waals surface area contributed by atoms with Crippen LogP contribution in [-0.4, -0.2) is 22.4 Å². The van der Waals surface area contributed by atoms with Crippen LogP contribution in [0.5, 0.6) is 11.5 Å². The van der Waals surface area contributed by atoms with Gasteiger partial charge in [0.25, 0.3) is 0 Å². The van der Waals surface area contributed by atoms with Gasteiger partial charge in [-0.25, -0.2) is 4.98 Å². The van der Waals surface area contributed by atoms with Crippen molar-refractivity contribution < 1.29 is 9.47 Å². The second-order valence-corrected chi connectivity index (χ2v) is 5.06. The lowest BCUT2D eigenvalue weighted by Crippen LogP contribution is -2.31. The Balaban J connectivity index is 1.73. The summed E-state index contributed by atoms with van der Waals surface area (Å²) in [5.41, 5.74) is 8.02. The van der Waals surface area contributed by atoms with E-state index in [2.05, 4.69) is 10.8 Å². The van der Waals surface area contributed by atoms with Gasteiger partial charge in [0, 0.05) is 30.8 Å². The number of aryl methyl sites for hydroxylation is 1. The topological polar surface area (TPSA) is 62.3 Å². The molecule has 0 aliphatic carbocycles. The van der Waals surface area contributed by atoms with Crippen LogP contribution in [0.15, 0.2) is 24.4 Å². The zero-order chi connectivity index (χ0) is 12.8. The molecule has 1 aromatic heterocycles. The molecule has 5 heteroatoms. The molecule has 0 spiro atoms. The number of fused-ring (bicyclic) bond motifs is 2. The van der Waals surface area contributed by atoms with Crippen LogP contribution in [0.1, 0.15) is 12.2 Å². The number of benzene rings is 1. The van der Waals surface area contributed by atoms with Crippen molar-refractivity contribution in [1.29, 1.82) is 0 Å². The van der Waals surface area contributed by atoms with E-state index < -0.39 is 0 Å². The van der Waals surface area contributed by atoms with Crippen LogP contribution in [0.25, 0.3) is 11.3 Å². The number of nitrogens with two attached hydrogens (primary N) is 1. The Hall–Kier alpha value is -2.01. The molecular formula is C14H15N3O2. The highest BCUT2D eigenvalue weighted by atomic mass is 16.7. The third-order valence-electron chi connectivity index (χ3n) is 3.70. The van der Waals surface area contributed by atoms with Gasteiger partial charge in [0.15, 0.2) is 11.5 Å². The first-order valence-corrected chi connectivity index (χ1v) is 6.51. The van der Waals surface area contributed by atoms with Gasteiger partial charge in [-0.3, -0.25) is 0 Å². The van der Waals surface area contributed by atoms with Crippen LogP contribution in [-0.2, 0) is 13.0 Å². The molecule has 3 heterocycles. The molecule has 0 bridgehead atoms. The zero-order valence-electron chi connectivity index (χ0n) is 10.5. The Bertz CT molecular complexity index is 636. The summed E-state index contributed by atoms with van der Waals surface area (Å²) in [6.45, 7) is 1.15. The van der Waals surface area contributed by atoms with Gasteiger partial charge in [0.2, 0.25) is 6.79 Å². The molecule has 2 aliphatic rings. The minimum absolute atomic E-state index is 0.242. The molecule has 2 aromatic rings. The number of hydrogen-bond acceptors (Lipinski definition) is 4. The number of nitrogens with zero attached hydrogens (tertiary/aromatic N) is 2. The van der Waals surface area contributed by atoms with Crippen molar-refractivity contribution in [3.05, 3.63) is 30.2 Å². The van der Waals surface area contributed by atoms with Crippen molar-refractivity contribution in [2.75, 3.05) is 6.79 Å². The van der Waals surface area contributed by atoms with Crippen LogP contribution < -0.4 is 15.2 Å². The molecule has 4 rings (SSSR count). The van der Waals surface area contributed by atoms with Crippen LogP contribution in [0.2, 0.25) is 0 Å². The fraction of sp³-hybridized carbons (Fsp3) is 0.357. The maximum absolute atomic E-state index is 5.99. The van der Waals surface area contributed by atoms with Gasteiger partial charge in [0.05, 0.1) is 5.69 Å². The first-order valence-electron chi connectivity index (χ1n) is 6.51. The highest BCUT2D eigenvalue weighted by Gasteiger charge is 2.19. The van der Waals surface area contributed by atoms with Crippen LogP contribution in [0.4, 0.5) is 0 Å². The minimum atomic E-state index is 0.242. The monoisotopic (exact) mass is 257 g/mol. The fourth-order valence-corrected chi connectivity index (χ4v) is 2.67. The number of hydrogen-bond donors (Lipinski definition) is 1. The molecule has 2 N–H and O–H groups in total. The molecule has 0 saturated carbocycles. The van der Waals surface area contributed by atoms with Gasteiger partial charge >= 0.3 is 0 Å². The second kappa shape index (κ2) is 3.99. The normalized spacial score (nSPS) is 20.4. The van der Waals surface area contributed by atoms with Gasteiger partial charge in [-0.05, 0) is 24.6 Å². The number of imidazole rings is 1. The minimum Gasteiger partial charge on any atom is -0.454 e. The van der Waals surface area contributed by atoms with Gasteiger partial charge < -0.3 is 19.8 Å². The summed E-state index contributed by atoms with van der Waals surface area (Å²) in [6.07, 6.45) is 4.04. The van der Waals surface area contributed by atoms with Gasteiger partial charge in [-0.1, -0.05) is 0 Å². The molecule has 0 fully saturated rings. The van der Waals surface area contributed by atoms with Crippen molar-refractivity contribution in [2.45, 2.75) is 25.4 Å². The molecule has 19 heavy (non-hydrogen) atoms.